The number of hydrogen-bond donors (Lipinski definition) is 0. The van der Waals surface area contributed by atoms with Gasteiger partial charge in [0, 0.05) is 31.4 Å². The summed E-state index contributed by atoms with van der Waals surface area (Å²) in [5, 5.41) is 0. The fourth-order valence-corrected chi connectivity index (χ4v) is 2.86. The van der Waals surface area contributed by atoms with E-state index in [1.807, 2.05) is 55.7 Å². The second kappa shape index (κ2) is 6.29. The summed E-state index contributed by atoms with van der Waals surface area (Å²) in [5.74, 6) is 0.0601. The highest BCUT2D eigenvalue weighted by Crippen LogP contribution is 2.35. The fourth-order valence-electron chi connectivity index (χ4n) is 2.86. The molecule has 0 spiro atoms. The SMILES string of the molecule is CC(C)N(/C=C1\C(=O)N(C)c2ccccc21)Cc1ccccc1. The van der Waals surface area contributed by atoms with E-state index in [2.05, 4.69) is 30.9 Å². The van der Waals surface area contributed by atoms with Gasteiger partial charge in [-0.25, -0.2) is 0 Å². The summed E-state index contributed by atoms with van der Waals surface area (Å²) < 4.78 is 0. The zero-order chi connectivity index (χ0) is 16.4. The maximum absolute atomic E-state index is 12.6. The number of likely N-dealkylation sites (N-methyl/N-ethyl adjacent to an activating group) is 1. The van der Waals surface area contributed by atoms with Crippen LogP contribution in [0.5, 0.6) is 0 Å². The van der Waals surface area contributed by atoms with Crippen LogP contribution in [0.3, 0.4) is 0 Å². The molecule has 1 heterocycles. The van der Waals surface area contributed by atoms with Crippen LogP contribution in [-0.2, 0) is 11.3 Å². The van der Waals surface area contributed by atoms with Gasteiger partial charge in [-0.05, 0) is 25.5 Å². The minimum atomic E-state index is 0.0601. The Kier molecular flexibility index (Phi) is 4.20. The van der Waals surface area contributed by atoms with E-state index in [-0.39, 0.29) is 5.91 Å². The van der Waals surface area contributed by atoms with Gasteiger partial charge in [0.2, 0.25) is 0 Å². The van der Waals surface area contributed by atoms with Crippen molar-refractivity contribution in [2.45, 2.75) is 26.4 Å². The van der Waals surface area contributed by atoms with Crippen LogP contribution in [0.25, 0.3) is 5.57 Å². The van der Waals surface area contributed by atoms with Crippen LogP contribution < -0.4 is 4.90 Å². The molecule has 2 aromatic carbocycles. The van der Waals surface area contributed by atoms with Crippen LogP contribution in [0.4, 0.5) is 5.69 Å². The highest BCUT2D eigenvalue weighted by molar-refractivity contribution is 6.32. The predicted octanol–water partition coefficient (Wildman–Crippen LogP) is 3.91. The van der Waals surface area contributed by atoms with Gasteiger partial charge >= 0.3 is 0 Å². The Morgan fingerprint density at radius 2 is 1.70 bits per heavy atom. The summed E-state index contributed by atoms with van der Waals surface area (Å²) in [6.45, 7) is 5.09. The zero-order valence-corrected chi connectivity index (χ0v) is 13.9. The number of nitrogens with zero attached hydrogens (tertiary/aromatic N) is 2. The molecule has 0 atom stereocenters. The Balaban J connectivity index is 1.96. The van der Waals surface area contributed by atoms with Crippen LogP contribution >= 0.6 is 0 Å². The predicted molar refractivity (Wildman–Crippen MR) is 95.0 cm³/mol. The Morgan fingerprint density at radius 3 is 2.39 bits per heavy atom. The molecular formula is C20H22N2O. The highest BCUT2D eigenvalue weighted by atomic mass is 16.2. The molecule has 1 aliphatic rings. The van der Waals surface area contributed by atoms with E-state index in [1.165, 1.54) is 5.56 Å². The molecule has 0 bridgehead atoms. The summed E-state index contributed by atoms with van der Waals surface area (Å²) in [6, 6.07) is 18.6. The van der Waals surface area contributed by atoms with Crippen molar-refractivity contribution < 1.29 is 4.79 Å². The first kappa shape index (κ1) is 15.3. The van der Waals surface area contributed by atoms with Gasteiger partial charge < -0.3 is 9.80 Å². The van der Waals surface area contributed by atoms with Gasteiger partial charge in [-0.15, -0.1) is 0 Å². The summed E-state index contributed by atoms with van der Waals surface area (Å²) in [5.41, 5.74) is 4.00. The molecule has 118 valence electrons. The normalized spacial score (nSPS) is 15.4. The van der Waals surface area contributed by atoms with Crippen LogP contribution in [0.1, 0.15) is 25.0 Å². The molecule has 3 rings (SSSR count). The molecule has 2 aromatic rings. The van der Waals surface area contributed by atoms with Gasteiger partial charge in [-0.3, -0.25) is 4.79 Å². The third kappa shape index (κ3) is 3.00. The second-order valence-corrected chi connectivity index (χ2v) is 6.18. The van der Waals surface area contributed by atoms with E-state index < -0.39 is 0 Å². The Morgan fingerprint density at radius 1 is 1.04 bits per heavy atom. The molecule has 3 nitrogen and oxygen atoms in total. The van der Waals surface area contributed by atoms with Crippen LogP contribution in [0, 0.1) is 0 Å². The lowest BCUT2D eigenvalue weighted by molar-refractivity contribution is -0.112. The van der Waals surface area contributed by atoms with Gasteiger partial charge in [-0.2, -0.15) is 0 Å². The highest BCUT2D eigenvalue weighted by Gasteiger charge is 2.30. The van der Waals surface area contributed by atoms with Gasteiger partial charge in [0.1, 0.15) is 0 Å². The smallest absolute Gasteiger partial charge is 0.260 e. The van der Waals surface area contributed by atoms with E-state index in [0.29, 0.717) is 6.04 Å². The number of amides is 1. The quantitative estimate of drug-likeness (QED) is 0.800. The summed E-state index contributed by atoms with van der Waals surface area (Å²) in [6.07, 6.45) is 2.02. The lowest BCUT2D eigenvalue weighted by Gasteiger charge is -2.26. The van der Waals surface area contributed by atoms with E-state index in [9.17, 15) is 4.79 Å². The molecule has 23 heavy (non-hydrogen) atoms. The number of para-hydroxylation sites is 1. The van der Waals surface area contributed by atoms with Crippen molar-refractivity contribution in [3.63, 3.8) is 0 Å². The van der Waals surface area contributed by atoms with Crippen molar-refractivity contribution in [1.29, 1.82) is 0 Å². The topological polar surface area (TPSA) is 23.6 Å². The zero-order valence-electron chi connectivity index (χ0n) is 13.9. The van der Waals surface area contributed by atoms with Gasteiger partial charge in [0.15, 0.2) is 0 Å². The summed E-state index contributed by atoms with van der Waals surface area (Å²) in [7, 11) is 1.83. The minimum Gasteiger partial charge on any atom is -0.370 e. The second-order valence-electron chi connectivity index (χ2n) is 6.18. The van der Waals surface area contributed by atoms with Gasteiger partial charge in [0.25, 0.3) is 5.91 Å². The standard InChI is InChI=1S/C20H22N2O/c1-15(2)22(13-16-9-5-4-6-10-16)14-18-17-11-7-8-12-19(17)21(3)20(18)23/h4-12,14-15H,13H2,1-3H3/b18-14-. The minimum absolute atomic E-state index is 0.0601. The molecule has 0 aliphatic carbocycles. The van der Waals surface area contributed by atoms with Crippen molar-refractivity contribution in [3.8, 4) is 0 Å². The maximum atomic E-state index is 12.6. The number of anilines is 1. The lowest BCUT2D eigenvalue weighted by Crippen LogP contribution is -2.27. The van der Waals surface area contributed by atoms with E-state index in [4.69, 9.17) is 0 Å². The lowest BCUT2D eigenvalue weighted by atomic mass is 10.1. The average Bonchev–Trinajstić information content (AvgIpc) is 2.80. The molecule has 0 fully saturated rings. The first-order valence-corrected chi connectivity index (χ1v) is 7.97. The average molecular weight is 306 g/mol. The molecule has 0 radical (unpaired) electrons. The Bertz CT molecular complexity index is 734. The number of fused-ring (bicyclic) bond motifs is 1. The van der Waals surface area contributed by atoms with Crippen molar-refractivity contribution in [1.82, 2.24) is 4.90 Å². The van der Waals surface area contributed by atoms with E-state index >= 15 is 0 Å². The fraction of sp³-hybridized carbons (Fsp3) is 0.250. The van der Waals surface area contributed by atoms with Crippen molar-refractivity contribution in [2.75, 3.05) is 11.9 Å². The number of hydrogen-bond acceptors (Lipinski definition) is 2. The van der Waals surface area contributed by atoms with E-state index in [0.717, 1.165) is 23.4 Å². The molecule has 0 N–H and O–H groups in total. The first-order valence-electron chi connectivity index (χ1n) is 7.97. The number of carbonyl (C=O) groups excluding carboxylic acids is 1. The first-order chi connectivity index (χ1) is 11.1. The van der Waals surface area contributed by atoms with Crippen LogP contribution in [-0.4, -0.2) is 23.9 Å². The van der Waals surface area contributed by atoms with E-state index in [1.54, 1.807) is 4.90 Å². The molecule has 0 aromatic heterocycles. The molecule has 0 saturated heterocycles. The maximum Gasteiger partial charge on any atom is 0.260 e. The van der Waals surface area contributed by atoms with Crippen LogP contribution in [0.15, 0.2) is 60.8 Å². The number of rotatable bonds is 4. The van der Waals surface area contributed by atoms with Crippen molar-refractivity contribution >= 4 is 17.2 Å². The molecular weight excluding hydrogens is 284 g/mol. The van der Waals surface area contributed by atoms with Gasteiger partial charge in [0.05, 0.1) is 11.3 Å². The molecule has 1 amide bonds. The number of benzene rings is 2. The molecule has 0 unspecified atom stereocenters. The monoisotopic (exact) mass is 306 g/mol. The molecule has 3 heteroatoms. The van der Waals surface area contributed by atoms with Crippen LogP contribution in [0.2, 0.25) is 0 Å². The van der Waals surface area contributed by atoms with Crippen molar-refractivity contribution in [3.05, 3.63) is 71.9 Å². The largest absolute Gasteiger partial charge is 0.370 e. The molecule has 0 saturated carbocycles. The molecule has 1 aliphatic heterocycles. The Hall–Kier alpha value is -2.55. The summed E-state index contributed by atoms with van der Waals surface area (Å²) in [4.78, 5) is 16.5. The van der Waals surface area contributed by atoms with Crippen molar-refractivity contribution in [2.24, 2.45) is 0 Å². The summed E-state index contributed by atoms with van der Waals surface area (Å²) >= 11 is 0. The third-order valence-corrected chi connectivity index (χ3v) is 4.26. The van der Waals surface area contributed by atoms with Gasteiger partial charge in [-0.1, -0.05) is 48.5 Å². The Labute approximate surface area is 137 Å². The third-order valence-electron chi connectivity index (χ3n) is 4.26. The number of carbonyl (C=O) groups is 1.